The summed E-state index contributed by atoms with van der Waals surface area (Å²) >= 11 is 0. The molecular formula is C13H12FN. The fraction of sp³-hybridized carbons (Fsp3) is 0.308. The van der Waals surface area contributed by atoms with E-state index in [0.717, 1.165) is 41.4 Å². The summed E-state index contributed by atoms with van der Waals surface area (Å²) in [4.78, 5) is 3.23. The second-order valence-corrected chi connectivity index (χ2v) is 4.16. The Kier molecular flexibility index (Phi) is 1.84. The predicted molar refractivity (Wildman–Crippen MR) is 58.3 cm³/mol. The fourth-order valence-corrected chi connectivity index (χ4v) is 2.27. The van der Waals surface area contributed by atoms with E-state index in [4.69, 9.17) is 0 Å². The van der Waals surface area contributed by atoms with Gasteiger partial charge in [0.1, 0.15) is 5.82 Å². The van der Waals surface area contributed by atoms with Gasteiger partial charge in [-0.3, -0.25) is 0 Å². The van der Waals surface area contributed by atoms with E-state index in [1.54, 1.807) is 6.07 Å². The molecule has 0 atom stereocenters. The molecule has 2 aromatic rings. The van der Waals surface area contributed by atoms with Crippen LogP contribution in [0.25, 0.3) is 10.9 Å². The number of halogens is 1. The molecule has 2 heteroatoms. The normalized spacial score (nSPS) is 15.6. The molecule has 1 nitrogen and oxygen atoms in total. The SMILES string of the molecule is Cc1cc2c3c([nH]c2cc1F)[C]CCC3. The molecule has 1 heterocycles. The molecule has 0 fully saturated rings. The number of hydrogen-bond donors (Lipinski definition) is 1. The molecule has 0 aliphatic heterocycles. The molecule has 0 spiro atoms. The van der Waals surface area contributed by atoms with Crippen LogP contribution >= 0.6 is 0 Å². The Morgan fingerprint density at radius 2 is 2.27 bits per heavy atom. The van der Waals surface area contributed by atoms with Gasteiger partial charge in [-0.05, 0) is 49.4 Å². The zero-order valence-electron chi connectivity index (χ0n) is 8.65. The van der Waals surface area contributed by atoms with Gasteiger partial charge in [0.25, 0.3) is 0 Å². The van der Waals surface area contributed by atoms with Crippen LogP contribution in [0, 0.1) is 19.2 Å². The van der Waals surface area contributed by atoms with Crippen molar-refractivity contribution >= 4 is 10.9 Å². The average Bonchev–Trinajstić information content (AvgIpc) is 2.57. The van der Waals surface area contributed by atoms with Crippen molar-refractivity contribution in [2.24, 2.45) is 0 Å². The van der Waals surface area contributed by atoms with Crippen LogP contribution in [-0.4, -0.2) is 4.98 Å². The minimum atomic E-state index is -0.138. The molecular weight excluding hydrogens is 189 g/mol. The van der Waals surface area contributed by atoms with Gasteiger partial charge in [-0.1, -0.05) is 0 Å². The lowest BCUT2D eigenvalue weighted by Gasteiger charge is -2.09. The summed E-state index contributed by atoms with van der Waals surface area (Å²) in [6, 6.07) is 3.53. The first-order valence-corrected chi connectivity index (χ1v) is 5.30. The summed E-state index contributed by atoms with van der Waals surface area (Å²) in [5.41, 5.74) is 3.99. The minimum absolute atomic E-state index is 0.138. The molecule has 1 N–H and O–H groups in total. The van der Waals surface area contributed by atoms with E-state index in [9.17, 15) is 4.39 Å². The number of hydrogen-bond acceptors (Lipinski definition) is 0. The number of aromatic nitrogens is 1. The van der Waals surface area contributed by atoms with Crippen LogP contribution in [0.3, 0.4) is 0 Å². The smallest absolute Gasteiger partial charge is 0.128 e. The highest BCUT2D eigenvalue weighted by Crippen LogP contribution is 2.31. The number of rotatable bonds is 0. The number of fused-ring (bicyclic) bond motifs is 3. The van der Waals surface area contributed by atoms with Gasteiger partial charge in [0.15, 0.2) is 0 Å². The molecule has 3 rings (SSSR count). The summed E-state index contributed by atoms with van der Waals surface area (Å²) in [5, 5.41) is 1.16. The average molecular weight is 201 g/mol. The second-order valence-electron chi connectivity index (χ2n) is 4.16. The molecule has 2 radical (unpaired) electrons. The van der Waals surface area contributed by atoms with Crippen LogP contribution in [0.5, 0.6) is 0 Å². The molecule has 1 aromatic heterocycles. The van der Waals surface area contributed by atoms with E-state index in [0.29, 0.717) is 0 Å². The maximum absolute atomic E-state index is 13.4. The molecule has 15 heavy (non-hydrogen) atoms. The highest BCUT2D eigenvalue weighted by atomic mass is 19.1. The maximum atomic E-state index is 13.4. The Balaban J connectivity index is 2.33. The van der Waals surface area contributed by atoms with E-state index < -0.39 is 0 Å². The molecule has 1 aliphatic carbocycles. The lowest BCUT2D eigenvalue weighted by Crippen LogP contribution is -1.98. The number of aromatic amines is 1. The molecule has 0 amide bonds. The van der Waals surface area contributed by atoms with Crippen molar-refractivity contribution in [3.63, 3.8) is 0 Å². The van der Waals surface area contributed by atoms with E-state index in [1.807, 2.05) is 13.0 Å². The zero-order chi connectivity index (χ0) is 10.4. The summed E-state index contributed by atoms with van der Waals surface area (Å²) < 4.78 is 13.4. The zero-order valence-corrected chi connectivity index (χ0v) is 8.65. The third-order valence-electron chi connectivity index (χ3n) is 3.09. The Morgan fingerprint density at radius 1 is 1.40 bits per heavy atom. The molecule has 0 bridgehead atoms. The molecule has 0 saturated carbocycles. The number of nitrogens with one attached hydrogen (secondary N) is 1. The number of aryl methyl sites for hydroxylation is 2. The van der Waals surface area contributed by atoms with Crippen molar-refractivity contribution in [3.05, 3.63) is 41.2 Å². The van der Waals surface area contributed by atoms with Crippen LogP contribution in [0.4, 0.5) is 4.39 Å². The van der Waals surface area contributed by atoms with Gasteiger partial charge in [-0.15, -0.1) is 0 Å². The van der Waals surface area contributed by atoms with Gasteiger partial charge in [0.2, 0.25) is 0 Å². The quantitative estimate of drug-likeness (QED) is 0.672. The van der Waals surface area contributed by atoms with Gasteiger partial charge < -0.3 is 4.98 Å². The summed E-state index contributed by atoms with van der Waals surface area (Å²) in [7, 11) is 0. The van der Waals surface area contributed by atoms with Crippen molar-refractivity contribution < 1.29 is 4.39 Å². The van der Waals surface area contributed by atoms with Gasteiger partial charge in [0, 0.05) is 23.0 Å². The van der Waals surface area contributed by atoms with E-state index >= 15 is 0 Å². The first kappa shape index (κ1) is 8.96. The summed E-state index contributed by atoms with van der Waals surface area (Å²) in [6.07, 6.45) is 6.54. The predicted octanol–water partition coefficient (Wildman–Crippen LogP) is 3.38. The topological polar surface area (TPSA) is 15.8 Å². The Labute approximate surface area is 88.3 Å². The molecule has 0 saturated heterocycles. The largest absolute Gasteiger partial charge is 0.358 e. The van der Waals surface area contributed by atoms with E-state index in [-0.39, 0.29) is 5.82 Å². The van der Waals surface area contributed by atoms with Crippen LogP contribution < -0.4 is 0 Å². The van der Waals surface area contributed by atoms with Crippen LogP contribution in [0.2, 0.25) is 0 Å². The lowest BCUT2D eigenvalue weighted by molar-refractivity contribution is 0.620. The van der Waals surface area contributed by atoms with E-state index in [2.05, 4.69) is 11.4 Å². The number of H-pyrrole nitrogens is 1. The molecule has 0 unspecified atom stereocenters. The Morgan fingerprint density at radius 3 is 3.13 bits per heavy atom. The number of benzene rings is 1. The lowest BCUT2D eigenvalue weighted by atomic mass is 9.95. The van der Waals surface area contributed by atoms with Crippen molar-refractivity contribution in [3.8, 4) is 0 Å². The van der Waals surface area contributed by atoms with Crippen molar-refractivity contribution in [2.45, 2.75) is 26.2 Å². The monoisotopic (exact) mass is 201 g/mol. The summed E-state index contributed by atoms with van der Waals surface area (Å²) in [6.45, 7) is 1.81. The molecule has 1 aliphatic rings. The van der Waals surface area contributed by atoms with Crippen LogP contribution in [0.15, 0.2) is 12.1 Å². The third-order valence-corrected chi connectivity index (χ3v) is 3.09. The first-order chi connectivity index (χ1) is 7.25. The third kappa shape index (κ3) is 1.28. The molecule has 1 aromatic carbocycles. The van der Waals surface area contributed by atoms with Crippen molar-refractivity contribution in [2.75, 3.05) is 0 Å². The van der Waals surface area contributed by atoms with Gasteiger partial charge >= 0.3 is 0 Å². The molecule has 76 valence electrons. The van der Waals surface area contributed by atoms with Gasteiger partial charge in [0.05, 0.1) is 0 Å². The maximum Gasteiger partial charge on any atom is 0.128 e. The Hall–Kier alpha value is -1.31. The highest BCUT2D eigenvalue weighted by molar-refractivity contribution is 5.86. The van der Waals surface area contributed by atoms with Crippen molar-refractivity contribution in [1.82, 2.24) is 4.98 Å². The summed E-state index contributed by atoms with van der Waals surface area (Å²) in [5.74, 6) is -0.138. The highest BCUT2D eigenvalue weighted by Gasteiger charge is 2.16. The van der Waals surface area contributed by atoms with Crippen LogP contribution in [0.1, 0.15) is 29.7 Å². The second kappa shape index (κ2) is 3.09. The van der Waals surface area contributed by atoms with Gasteiger partial charge in [-0.25, -0.2) is 4.39 Å². The van der Waals surface area contributed by atoms with Crippen LogP contribution in [-0.2, 0) is 6.42 Å². The standard InChI is InChI=1S/C13H12FN/c1-8-6-10-9-4-2-3-5-12(9)15-13(10)7-11(8)14/h6-7,15H,2-4H2,1H3. The fourth-order valence-electron chi connectivity index (χ4n) is 2.27. The van der Waals surface area contributed by atoms with Crippen molar-refractivity contribution in [1.29, 1.82) is 0 Å². The van der Waals surface area contributed by atoms with E-state index in [1.165, 1.54) is 5.56 Å². The Bertz CT molecular complexity index is 525. The first-order valence-electron chi connectivity index (χ1n) is 5.30. The minimum Gasteiger partial charge on any atom is -0.358 e. The van der Waals surface area contributed by atoms with Gasteiger partial charge in [-0.2, -0.15) is 0 Å².